The van der Waals surface area contributed by atoms with Gasteiger partial charge in [-0.05, 0) is 37.0 Å². The van der Waals surface area contributed by atoms with Crippen LogP contribution in [0.5, 0.6) is 0 Å². The van der Waals surface area contributed by atoms with Crippen molar-refractivity contribution < 1.29 is 20.1 Å². The van der Waals surface area contributed by atoms with Crippen LogP contribution in [-0.4, -0.2) is 71.9 Å². The van der Waals surface area contributed by atoms with Gasteiger partial charge in [-0.3, -0.25) is 4.90 Å². The van der Waals surface area contributed by atoms with Crippen molar-refractivity contribution in [1.29, 1.82) is 0 Å². The van der Waals surface area contributed by atoms with Gasteiger partial charge in [-0.1, -0.05) is 20.8 Å². The molecule has 0 aliphatic heterocycles. The number of nitrogens with zero attached hydrogens (tertiary/aromatic N) is 1. The maximum atomic E-state index is 10.1. The molecular formula is C17H36ClNO4. The Labute approximate surface area is 147 Å². The fourth-order valence-electron chi connectivity index (χ4n) is 3.27. The van der Waals surface area contributed by atoms with Gasteiger partial charge in [-0.15, -0.1) is 12.4 Å². The summed E-state index contributed by atoms with van der Waals surface area (Å²) in [6.45, 7) is 8.67. The number of halogens is 1. The summed E-state index contributed by atoms with van der Waals surface area (Å²) in [5.41, 5.74) is 0.375. The molecule has 1 aliphatic carbocycles. The van der Waals surface area contributed by atoms with E-state index in [0.717, 1.165) is 18.8 Å². The van der Waals surface area contributed by atoms with Gasteiger partial charge in [-0.2, -0.15) is 0 Å². The zero-order chi connectivity index (χ0) is 16.6. The normalized spacial score (nSPS) is 23.6. The summed E-state index contributed by atoms with van der Waals surface area (Å²) >= 11 is 0. The quantitative estimate of drug-likeness (QED) is 0.588. The minimum absolute atomic E-state index is 0. The molecule has 0 aromatic rings. The lowest BCUT2D eigenvalue weighted by Gasteiger charge is -2.37. The van der Waals surface area contributed by atoms with E-state index in [2.05, 4.69) is 20.8 Å². The maximum absolute atomic E-state index is 10.1. The molecule has 23 heavy (non-hydrogen) atoms. The van der Waals surface area contributed by atoms with Crippen molar-refractivity contribution in [2.24, 2.45) is 11.3 Å². The molecule has 0 amide bonds. The summed E-state index contributed by atoms with van der Waals surface area (Å²) in [6, 6.07) is 0. The van der Waals surface area contributed by atoms with Gasteiger partial charge >= 0.3 is 0 Å². The third-order valence-corrected chi connectivity index (χ3v) is 4.72. The van der Waals surface area contributed by atoms with Crippen LogP contribution in [0.15, 0.2) is 0 Å². The number of aliphatic hydroxyl groups is 3. The highest BCUT2D eigenvalue weighted by Crippen LogP contribution is 2.38. The van der Waals surface area contributed by atoms with Crippen LogP contribution in [0, 0.1) is 11.3 Å². The van der Waals surface area contributed by atoms with Crippen molar-refractivity contribution in [3.05, 3.63) is 0 Å². The molecule has 0 heterocycles. The molecule has 1 unspecified atom stereocenters. The molecule has 1 rings (SSSR count). The first kappa shape index (κ1) is 23.1. The van der Waals surface area contributed by atoms with E-state index in [1.807, 2.05) is 4.90 Å². The third kappa shape index (κ3) is 9.22. The van der Waals surface area contributed by atoms with Gasteiger partial charge in [0.25, 0.3) is 0 Å². The summed E-state index contributed by atoms with van der Waals surface area (Å²) in [5, 5.41) is 28.0. The number of rotatable bonds is 9. The summed E-state index contributed by atoms with van der Waals surface area (Å²) in [4.78, 5) is 1.85. The van der Waals surface area contributed by atoms with Gasteiger partial charge in [0.1, 0.15) is 0 Å². The second-order valence-corrected chi connectivity index (χ2v) is 7.57. The predicted molar refractivity (Wildman–Crippen MR) is 95.0 cm³/mol. The molecule has 0 radical (unpaired) electrons. The largest absolute Gasteiger partial charge is 0.395 e. The van der Waals surface area contributed by atoms with Crippen LogP contribution in [0.25, 0.3) is 0 Å². The van der Waals surface area contributed by atoms with E-state index in [4.69, 9.17) is 14.9 Å². The Kier molecular flexibility index (Phi) is 11.7. The average molecular weight is 354 g/mol. The summed E-state index contributed by atoms with van der Waals surface area (Å²) in [6.07, 6.45) is 4.24. The van der Waals surface area contributed by atoms with Crippen LogP contribution in [0.2, 0.25) is 0 Å². The van der Waals surface area contributed by atoms with Crippen molar-refractivity contribution >= 4 is 12.4 Å². The van der Waals surface area contributed by atoms with Crippen LogP contribution < -0.4 is 0 Å². The van der Waals surface area contributed by atoms with Crippen molar-refractivity contribution in [2.45, 2.75) is 58.7 Å². The van der Waals surface area contributed by atoms with Crippen molar-refractivity contribution in [1.82, 2.24) is 4.90 Å². The SMILES string of the molecule is CC(C)(C)C1CCC(OCC(O)CN(CCO)CCO)CC1.Cl. The Balaban J connectivity index is 0.00000484. The van der Waals surface area contributed by atoms with Crippen molar-refractivity contribution in [3.63, 3.8) is 0 Å². The molecule has 5 nitrogen and oxygen atoms in total. The van der Waals surface area contributed by atoms with E-state index in [1.165, 1.54) is 12.8 Å². The Hall–Kier alpha value is 0.0900. The van der Waals surface area contributed by atoms with Gasteiger partial charge < -0.3 is 20.1 Å². The molecule has 0 aromatic heterocycles. The lowest BCUT2D eigenvalue weighted by Crippen LogP contribution is -2.39. The summed E-state index contributed by atoms with van der Waals surface area (Å²) in [5.74, 6) is 0.766. The topological polar surface area (TPSA) is 73.2 Å². The fourth-order valence-corrected chi connectivity index (χ4v) is 3.27. The Morgan fingerprint density at radius 2 is 1.57 bits per heavy atom. The number of aliphatic hydroxyl groups excluding tert-OH is 3. The molecule has 0 saturated heterocycles. The third-order valence-electron chi connectivity index (χ3n) is 4.72. The maximum Gasteiger partial charge on any atom is 0.0900 e. The van der Waals surface area contributed by atoms with Gasteiger partial charge in [0.15, 0.2) is 0 Å². The number of hydrogen-bond acceptors (Lipinski definition) is 5. The van der Waals surface area contributed by atoms with Gasteiger partial charge in [0.05, 0.1) is 32.0 Å². The molecular weight excluding hydrogens is 318 g/mol. The number of hydrogen-bond donors (Lipinski definition) is 3. The summed E-state index contributed by atoms with van der Waals surface area (Å²) in [7, 11) is 0. The zero-order valence-electron chi connectivity index (χ0n) is 14.9. The van der Waals surface area contributed by atoms with Crippen molar-refractivity contribution in [3.8, 4) is 0 Å². The van der Waals surface area contributed by atoms with Crippen LogP contribution >= 0.6 is 12.4 Å². The van der Waals surface area contributed by atoms with Crippen LogP contribution in [0.4, 0.5) is 0 Å². The second kappa shape index (κ2) is 11.6. The first-order valence-electron chi connectivity index (χ1n) is 8.60. The predicted octanol–water partition coefficient (Wildman–Crippen LogP) is 1.68. The second-order valence-electron chi connectivity index (χ2n) is 7.57. The highest BCUT2D eigenvalue weighted by atomic mass is 35.5. The Morgan fingerprint density at radius 1 is 1.04 bits per heavy atom. The number of ether oxygens (including phenoxy) is 1. The average Bonchev–Trinajstić information content (AvgIpc) is 2.45. The molecule has 0 bridgehead atoms. The van der Waals surface area contributed by atoms with E-state index in [-0.39, 0.29) is 31.7 Å². The zero-order valence-corrected chi connectivity index (χ0v) is 15.7. The van der Waals surface area contributed by atoms with E-state index >= 15 is 0 Å². The highest BCUT2D eigenvalue weighted by Gasteiger charge is 2.30. The minimum Gasteiger partial charge on any atom is -0.395 e. The van der Waals surface area contributed by atoms with E-state index in [9.17, 15) is 5.11 Å². The molecule has 6 heteroatoms. The standard InChI is InChI=1S/C17H35NO4.ClH/c1-17(2,3)14-4-6-16(7-5-14)22-13-15(21)12-18(8-10-19)9-11-20;/h14-16,19-21H,4-13H2,1-3H3;1H. The van der Waals surface area contributed by atoms with E-state index in [0.29, 0.717) is 31.7 Å². The van der Waals surface area contributed by atoms with Crippen LogP contribution in [0.3, 0.4) is 0 Å². The molecule has 1 fully saturated rings. The molecule has 1 aliphatic rings. The van der Waals surface area contributed by atoms with Gasteiger partial charge in [0.2, 0.25) is 0 Å². The first-order chi connectivity index (χ1) is 10.4. The van der Waals surface area contributed by atoms with Crippen molar-refractivity contribution in [2.75, 3.05) is 39.5 Å². The van der Waals surface area contributed by atoms with Crippen LogP contribution in [0.1, 0.15) is 46.5 Å². The van der Waals surface area contributed by atoms with Gasteiger partial charge in [0, 0.05) is 19.6 Å². The van der Waals surface area contributed by atoms with E-state index in [1.54, 1.807) is 0 Å². The Morgan fingerprint density at radius 3 is 2.00 bits per heavy atom. The smallest absolute Gasteiger partial charge is 0.0900 e. The highest BCUT2D eigenvalue weighted by molar-refractivity contribution is 5.85. The van der Waals surface area contributed by atoms with Gasteiger partial charge in [-0.25, -0.2) is 0 Å². The van der Waals surface area contributed by atoms with Crippen LogP contribution in [-0.2, 0) is 4.74 Å². The van der Waals surface area contributed by atoms with E-state index < -0.39 is 6.10 Å². The molecule has 1 saturated carbocycles. The Bertz CT molecular complexity index is 285. The summed E-state index contributed by atoms with van der Waals surface area (Å²) < 4.78 is 5.86. The molecule has 140 valence electrons. The minimum atomic E-state index is -0.571. The lowest BCUT2D eigenvalue weighted by molar-refractivity contribution is -0.0458. The monoisotopic (exact) mass is 353 g/mol. The molecule has 0 aromatic carbocycles. The first-order valence-corrected chi connectivity index (χ1v) is 8.60. The molecule has 1 atom stereocenters. The molecule has 3 N–H and O–H groups in total. The molecule has 0 spiro atoms. The lowest BCUT2D eigenvalue weighted by atomic mass is 9.72. The fraction of sp³-hybridized carbons (Fsp3) is 1.00.